The Morgan fingerprint density at radius 2 is 2.05 bits per heavy atom. The Bertz CT molecular complexity index is 655. The van der Waals surface area contributed by atoms with Crippen molar-refractivity contribution in [2.45, 2.75) is 19.4 Å². The van der Waals surface area contributed by atoms with Crippen molar-refractivity contribution in [1.82, 2.24) is 9.21 Å². The van der Waals surface area contributed by atoms with Crippen molar-refractivity contribution < 1.29 is 13.2 Å². The molecule has 0 saturated heterocycles. The molecule has 0 atom stereocenters. The molecule has 0 bridgehead atoms. The fourth-order valence-corrected chi connectivity index (χ4v) is 3.42. The van der Waals surface area contributed by atoms with Gasteiger partial charge in [0.15, 0.2) is 0 Å². The van der Waals surface area contributed by atoms with Gasteiger partial charge in [0.05, 0.1) is 6.26 Å². The summed E-state index contributed by atoms with van der Waals surface area (Å²) in [7, 11) is -3.31. The molecule has 1 aliphatic rings. The average Bonchev–Trinajstić information content (AvgIpc) is 2.49. The second-order valence-electron chi connectivity index (χ2n) is 5.49. The monoisotopic (exact) mass is 322 g/mol. The van der Waals surface area contributed by atoms with Crippen LogP contribution in [-0.2, 0) is 27.8 Å². The van der Waals surface area contributed by atoms with Crippen molar-refractivity contribution in [3.05, 3.63) is 48.0 Å². The Hall–Kier alpha value is -1.66. The Balaban J connectivity index is 1.94. The minimum atomic E-state index is -3.31. The maximum atomic E-state index is 12.3. The molecule has 6 heteroatoms. The topological polar surface area (TPSA) is 57.7 Å². The third kappa shape index (κ3) is 4.18. The van der Waals surface area contributed by atoms with Crippen LogP contribution in [0.1, 0.15) is 17.5 Å². The number of carbonyl (C=O) groups is 1. The first-order chi connectivity index (χ1) is 10.4. The molecule has 0 N–H and O–H groups in total. The predicted octanol–water partition coefficient (Wildman–Crippen LogP) is 1.41. The molecule has 22 heavy (non-hydrogen) atoms. The van der Waals surface area contributed by atoms with E-state index in [2.05, 4.69) is 12.6 Å². The van der Waals surface area contributed by atoms with Crippen LogP contribution in [0.5, 0.6) is 0 Å². The number of benzene rings is 1. The lowest BCUT2D eigenvalue weighted by Gasteiger charge is -2.29. The molecule has 0 spiro atoms. The lowest BCUT2D eigenvalue weighted by molar-refractivity contribution is -0.132. The molecule has 1 aromatic carbocycles. The third-order valence-electron chi connectivity index (χ3n) is 3.86. The molecule has 0 fully saturated rings. The van der Waals surface area contributed by atoms with Gasteiger partial charge in [-0.15, -0.1) is 6.58 Å². The summed E-state index contributed by atoms with van der Waals surface area (Å²) in [6, 6.07) is 8.11. The average molecular weight is 322 g/mol. The molecule has 1 heterocycles. The van der Waals surface area contributed by atoms with E-state index in [9.17, 15) is 13.2 Å². The van der Waals surface area contributed by atoms with Crippen LogP contribution in [0, 0.1) is 0 Å². The van der Waals surface area contributed by atoms with Crippen LogP contribution in [0.3, 0.4) is 0 Å². The van der Waals surface area contributed by atoms with Crippen LogP contribution in [0.4, 0.5) is 0 Å². The summed E-state index contributed by atoms with van der Waals surface area (Å²) in [4.78, 5) is 14.1. The zero-order valence-corrected chi connectivity index (χ0v) is 13.7. The fraction of sp³-hybridized carbons (Fsp3) is 0.438. The van der Waals surface area contributed by atoms with Gasteiger partial charge >= 0.3 is 0 Å². The molecule has 0 unspecified atom stereocenters. The lowest BCUT2D eigenvalue weighted by Crippen LogP contribution is -2.39. The highest BCUT2D eigenvalue weighted by Crippen LogP contribution is 2.19. The molecule has 2 rings (SSSR count). The van der Waals surface area contributed by atoms with E-state index in [0.29, 0.717) is 13.1 Å². The number of hydrogen-bond donors (Lipinski definition) is 0. The smallest absolute Gasteiger partial charge is 0.224 e. The molecule has 0 aromatic heterocycles. The largest absolute Gasteiger partial charge is 0.338 e. The van der Waals surface area contributed by atoms with E-state index in [1.807, 2.05) is 18.2 Å². The summed E-state index contributed by atoms with van der Waals surface area (Å²) in [5, 5.41) is 0. The Morgan fingerprint density at radius 1 is 1.36 bits per heavy atom. The van der Waals surface area contributed by atoms with E-state index in [4.69, 9.17) is 0 Å². The molecule has 120 valence electrons. The van der Waals surface area contributed by atoms with Crippen molar-refractivity contribution in [2.24, 2.45) is 0 Å². The zero-order chi connectivity index (χ0) is 16.2. The highest BCUT2D eigenvalue weighted by molar-refractivity contribution is 7.88. The van der Waals surface area contributed by atoms with Gasteiger partial charge in [-0.25, -0.2) is 8.42 Å². The van der Waals surface area contributed by atoms with Crippen LogP contribution in [0.2, 0.25) is 0 Å². The van der Waals surface area contributed by atoms with E-state index in [-0.39, 0.29) is 25.4 Å². The van der Waals surface area contributed by atoms with Gasteiger partial charge in [0.1, 0.15) is 0 Å². The van der Waals surface area contributed by atoms with Gasteiger partial charge in [0.2, 0.25) is 15.9 Å². The maximum Gasteiger partial charge on any atom is 0.224 e. The second kappa shape index (κ2) is 7.07. The van der Waals surface area contributed by atoms with Gasteiger partial charge in [-0.05, 0) is 17.5 Å². The van der Waals surface area contributed by atoms with Crippen molar-refractivity contribution in [3.63, 3.8) is 0 Å². The third-order valence-corrected chi connectivity index (χ3v) is 5.13. The van der Waals surface area contributed by atoms with E-state index in [1.165, 1.54) is 21.5 Å². The minimum Gasteiger partial charge on any atom is -0.338 e. The molecule has 1 aliphatic heterocycles. The highest BCUT2D eigenvalue weighted by atomic mass is 32.2. The van der Waals surface area contributed by atoms with Gasteiger partial charge < -0.3 is 4.90 Å². The van der Waals surface area contributed by atoms with E-state index in [0.717, 1.165) is 12.7 Å². The van der Waals surface area contributed by atoms with E-state index >= 15 is 0 Å². The van der Waals surface area contributed by atoms with Gasteiger partial charge in [-0.2, -0.15) is 4.31 Å². The molecular weight excluding hydrogens is 300 g/mol. The van der Waals surface area contributed by atoms with Gasteiger partial charge in [0, 0.05) is 32.6 Å². The van der Waals surface area contributed by atoms with Crippen molar-refractivity contribution in [1.29, 1.82) is 0 Å². The van der Waals surface area contributed by atoms with Crippen LogP contribution in [0.25, 0.3) is 0 Å². The standard InChI is InChI=1S/C16H22N2O3S/c1-3-10-18(22(2,20)21)12-9-16(19)17-11-8-14-6-4-5-7-15(14)13-17/h3-7H,1,8-13H2,2H3. The van der Waals surface area contributed by atoms with Gasteiger partial charge in [0.25, 0.3) is 0 Å². The number of fused-ring (bicyclic) bond motifs is 1. The summed E-state index contributed by atoms with van der Waals surface area (Å²) in [5.74, 6) is -0.00721. The zero-order valence-electron chi connectivity index (χ0n) is 12.9. The number of rotatable bonds is 6. The predicted molar refractivity (Wildman–Crippen MR) is 86.8 cm³/mol. The summed E-state index contributed by atoms with van der Waals surface area (Å²) in [6.45, 7) is 5.28. The van der Waals surface area contributed by atoms with Gasteiger partial charge in [-0.1, -0.05) is 30.3 Å². The molecule has 5 nitrogen and oxygen atoms in total. The molecule has 0 aliphatic carbocycles. The summed E-state index contributed by atoms with van der Waals surface area (Å²) < 4.78 is 24.5. The summed E-state index contributed by atoms with van der Waals surface area (Å²) in [5.41, 5.74) is 2.46. The summed E-state index contributed by atoms with van der Waals surface area (Å²) in [6.07, 6.45) is 3.73. The quantitative estimate of drug-likeness (QED) is 0.744. The number of nitrogens with zero attached hydrogens (tertiary/aromatic N) is 2. The first-order valence-corrected chi connectivity index (χ1v) is 9.17. The normalized spacial score (nSPS) is 14.7. The van der Waals surface area contributed by atoms with Crippen LogP contribution in [-0.4, -0.2) is 49.4 Å². The molecule has 1 amide bonds. The molecule has 1 aromatic rings. The Labute approximate surface area is 132 Å². The van der Waals surface area contributed by atoms with Crippen molar-refractivity contribution >= 4 is 15.9 Å². The Kier molecular flexibility index (Phi) is 5.37. The first-order valence-electron chi connectivity index (χ1n) is 7.32. The number of carbonyl (C=O) groups excluding carboxylic acids is 1. The molecule has 0 radical (unpaired) electrons. The number of amides is 1. The van der Waals surface area contributed by atoms with Crippen LogP contribution < -0.4 is 0 Å². The summed E-state index contributed by atoms with van der Waals surface area (Å²) >= 11 is 0. The maximum absolute atomic E-state index is 12.3. The first kappa shape index (κ1) is 16.7. The fourth-order valence-electron chi connectivity index (χ4n) is 2.62. The molecule has 0 saturated carbocycles. The Morgan fingerprint density at radius 3 is 2.68 bits per heavy atom. The van der Waals surface area contributed by atoms with Crippen LogP contribution >= 0.6 is 0 Å². The van der Waals surface area contributed by atoms with Crippen LogP contribution in [0.15, 0.2) is 36.9 Å². The second-order valence-corrected chi connectivity index (χ2v) is 7.48. The number of hydrogen-bond acceptors (Lipinski definition) is 3. The van der Waals surface area contributed by atoms with E-state index in [1.54, 1.807) is 4.90 Å². The van der Waals surface area contributed by atoms with Crippen molar-refractivity contribution in [3.8, 4) is 0 Å². The lowest BCUT2D eigenvalue weighted by atomic mass is 10.00. The minimum absolute atomic E-state index is 0.00721. The SMILES string of the molecule is C=CCN(CCC(=O)N1CCc2ccccc2C1)S(C)(=O)=O. The van der Waals surface area contributed by atoms with Crippen molar-refractivity contribution in [2.75, 3.05) is 25.9 Å². The van der Waals surface area contributed by atoms with E-state index < -0.39 is 10.0 Å². The molecular formula is C16H22N2O3S. The highest BCUT2D eigenvalue weighted by Gasteiger charge is 2.22. The van der Waals surface area contributed by atoms with Gasteiger partial charge in [-0.3, -0.25) is 4.79 Å². The number of sulfonamides is 1.